The highest BCUT2D eigenvalue weighted by Gasteiger charge is 2.28. The van der Waals surface area contributed by atoms with Gasteiger partial charge in [-0.3, -0.25) is 14.3 Å². The van der Waals surface area contributed by atoms with E-state index in [1.54, 1.807) is 7.05 Å². The van der Waals surface area contributed by atoms with Crippen molar-refractivity contribution in [3.8, 4) is 0 Å². The number of carbonyl (C=O) groups is 1. The summed E-state index contributed by atoms with van der Waals surface area (Å²) in [4.78, 5) is 46.0. The van der Waals surface area contributed by atoms with Crippen LogP contribution in [0.15, 0.2) is 21.2 Å². The van der Waals surface area contributed by atoms with Gasteiger partial charge in [0.15, 0.2) is 11.2 Å². The van der Waals surface area contributed by atoms with Crippen LogP contribution < -0.4 is 21.5 Å². The van der Waals surface area contributed by atoms with E-state index >= 15 is 0 Å². The molecular formula is C21H32N6O4. The van der Waals surface area contributed by atoms with Crippen molar-refractivity contribution in [3.05, 3.63) is 32.5 Å². The number of rotatable bonds is 4. The number of hydrogen-bond donors (Lipinski definition) is 2. The molecule has 1 atom stereocenters. The number of aromatic nitrogens is 4. The highest BCUT2D eigenvalue weighted by atomic mass is 16.6. The zero-order valence-electron chi connectivity index (χ0n) is 19.1. The van der Waals surface area contributed by atoms with Gasteiger partial charge in [-0.15, -0.1) is 0 Å². The van der Waals surface area contributed by atoms with E-state index in [0.29, 0.717) is 30.2 Å². The lowest BCUT2D eigenvalue weighted by Crippen LogP contribution is -2.49. The van der Waals surface area contributed by atoms with Crippen LogP contribution in [0.2, 0.25) is 0 Å². The summed E-state index contributed by atoms with van der Waals surface area (Å²) in [6, 6.07) is -0.109. The third-order valence-electron chi connectivity index (χ3n) is 5.09. The van der Waals surface area contributed by atoms with E-state index in [2.05, 4.69) is 15.3 Å². The number of piperidine rings is 1. The molecule has 0 aliphatic carbocycles. The molecule has 1 amide bonds. The zero-order chi connectivity index (χ0) is 22.9. The van der Waals surface area contributed by atoms with E-state index in [4.69, 9.17) is 4.74 Å². The SMILES string of the molecule is CC(C)=CCn1c(N2CCC[C@@H](NC(=O)OC(C)(C)C)C2)nc2c1c(=O)[nH]c(=O)n2C. The van der Waals surface area contributed by atoms with E-state index in [-0.39, 0.29) is 6.04 Å². The largest absolute Gasteiger partial charge is 0.444 e. The maximum atomic E-state index is 12.6. The van der Waals surface area contributed by atoms with Crippen molar-refractivity contribution in [2.24, 2.45) is 7.05 Å². The van der Waals surface area contributed by atoms with Crippen LogP contribution in [-0.4, -0.2) is 49.9 Å². The number of carbonyl (C=O) groups excluding carboxylic acids is 1. The van der Waals surface area contributed by atoms with Gasteiger partial charge in [-0.2, -0.15) is 4.98 Å². The highest BCUT2D eigenvalue weighted by Crippen LogP contribution is 2.23. The topological polar surface area (TPSA) is 114 Å². The number of H-pyrrole nitrogens is 1. The zero-order valence-corrected chi connectivity index (χ0v) is 19.1. The predicted octanol–water partition coefficient (Wildman–Crippen LogP) is 1.88. The van der Waals surface area contributed by atoms with Gasteiger partial charge >= 0.3 is 11.8 Å². The Labute approximate surface area is 180 Å². The molecule has 3 heterocycles. The molecular weight excluding hydrogens is 400 g/mol. The van der Waals surface area contributed by atoms with Gasteiger partial charge in [0.2, 0.25) is 5.95 Å². The Bertz CT molecular complexity index is 1110. The fraction of sp³-hybridized carbons (Fsp3) is 0.619. The van der Waals surface area contributed by atoms with Crippen LogP contribution in [0.3, 0.4) is 0 Å². The molecule has 0 spiro atoms. The summed E-state index contributed by atoms with van der Waals surface area (Å²) in [5.41, 5.74) is 0.281. The van der Waals surface area contributed by atoms with Gasteiger partial charge in [0.05, 0.1) is 0 Å². The lowest BCUT2D eigenvalue weighted by molar-refractivity contribution is 0.0500. The first-order chi connectivity index (χ1) is 14.5. The normalized spacial score (nSPS) is 17.0. The van der Waals surface area contributed by atoms with Crippen molar-refractivity contribution in [3.63, 3.8) is 0 Å². The van der Waals surface area contributed by atoms with Crippen LogP contribution in [0.25, 0.3) is 11.2 Å². The van der Waals surface area contributed by atoms with Crippen LogP contribution in [-0.2, 0) is 18.3 Å². The summed E-state index contributed by atoms with van der Waals surface area (Å²) >= 11 is 0. The van der Waals surface area contributed by atoms with Gasteiger partial charge in [-0.1, -0.05) is 11.6 Å². The Morgan fingerprint density at radius 1 is 1.32 bits per heavy atom. The van der Waals surface area contributed by atoms with Gasteiger partial charge in [-0.05, 0) is 47.5 Å². The van der Waals surface area contributed by atoms with Crippen molar-refractivity contribution in [1.29, 1.82) is 0 Å². The number of imidazole rings is 1. The van der Waals surface area contributed by atoms with Gasteiger partial charge in [0.25, 0.3) is 5.56 Å². The van der Waals surface area contributed by atoms with Crippen molar-refractivity contribution < 1.29 is 9.53 Å². The van der Waals surface area contributed by atoms with Crippen LogP contribution in [0.1, 0.15) is 47.5 Å². The molecule has 2 aromatic rings. The summed E-state index contributed by atoms with van der Waals surface area (Å²) in [6.07, 6.45) is 3.23. The second-order valence-electron chi connectivity index (χ2n) is 9.23. The molecule has 1 saturated heterocycles. The summed E-state index contributed by atoms with van der Waals surface area (Å²) < 4.78 is 8.56. The number of nitrogens with zero attached hydrogens (tertiary/aromatic N) is 4. The lowest BCUT2D eigenvalue weighted by atomic mass is 10.1. The number of allylic oxidation sites excluding steroid dienone is 2. The second-order valence-corrected chi connectivity index (χ2v) is 9.23. The Kier molecular flexibility index (Phi) is 6.28. The molecule has 0 bridgehead atoms. The van der Waals surface area contributed by atoms with Crippen molar-refractivity contribution in [2.45, 2.75) is 65.6 Å². The number of amides is 1. The first kappa shape index (κ1) is 22.6. The molecule has 170 valence electrons. The van der Waals surface area contributed by atoms with Gasteiger partial charge in [-0.25, -0.2) is 9.59 Å². The standard InChI is InChI=1S/C21H32N6O4/c1-13(2)9-11-27-15-16(25(6)19(29)24-17(15)28)23-18(27)26-10-7-8-14(12-26)22-20(30)31-21(3,4)5/h9,14H,7-8,10-12H2,1-6H3,(H,22,30)(H,24,28,29)/t14-/m1/s1. The summed E-state index contributed by atoms with van der Waals surface area (Å²) in [6.45, 7) is 11.2. The Hall–Kier alpha value is -3.04. The maximum absolute atomic E-state index is 12.6. The second kappa shape index (κ2) is 8.60. The predicted molar refractivity (Wildman–Crippen MR) is 120 cm³/mol. The number of nitrogens with one attached hydrogen (secondary N) is 2. The molecule has 0 saturated carbocycles. The van der Waals surface area contributed by atoms with Crippen LogP contribution in [0.5, 0.6) is 0 Å². The molecule has 3 rings (SSSR count). The van der Waals surface area contributed by atoms with E-state index in [1.807, 2.05) is 50.2 Å². The molecule has 31 heavy (non-hydrogen) atoms. The Balaban J connectivity index is 1.96. The number of anilines is 1. The molecule has 10 heteroatoms. The first-order valence-electron chi connectivity index (χ1n) is 10.5. The van der Waals surface area contributed by atoms with E-state index < -0.39 is 22.9 Å². The molecule has 0 aromatic carbocycles. The van der Waals surface area contributed by atoms with Crippen LogP contribution >= 0.6 is 0 Å². The quantitative estimate of drug-likeness (QED) is 0.713. The number of alkyl carbamates (subject to hydrolysis) is 1. The number of aromatic amines is 1. The van der Waals surface area contributed by atoms with Crippen LogP contribution in [0, 0.1) is 0 Å². The number of hydrogen-bond acceptors (Lipinski definition) is 6. The average Bonchev–Trinajstić information content (AvgIpc) is 3.03. The third-order valence-corrected chi connectivity index (χ3v) is 5.09. The van der Waals surface area contributed by atoms with Crippen molar-refractivity contribution in [1.82, 2.24) is 24.4 Å². The maximum Gasteiger partial charge on any atom is 0.407 e. The van der Waals surface area contributed by atoms with E-state index in [9.17, 15) is 14.4 Å². The fourth-order valence-electron chi connectivity index (χ4n) is 3.66. The number of ether oxygens (including phenoxy) is 1. The minimum Gasteiger partial charge on any atom is -0.444 e. The van der Waals surface area contributed by atoms with Crippen LogP contribution in [0.4, 0.5) is 10.7 Å². The molecule has 1 aliphatic rings. The molecule has 1 fully saturated rings. The van der Waals surface area contributed by atoms with Crippen molar-refractivity contribution in [2.75, 3.05) is 18.0 Å². The lowest BCUT2D eigenvalue weighted by Gasteiger charge is -2.34. The summed E-state index contributed by atoms with van der Waals surface area (Å²) in [7, 11) is 1.59. The van der Waals surface area contributed by atoms with E-state index in [1.165, 1.54) is 4.57 Å². The summed E-state index contributed by atoms with van der Waals surface area (Å²) in [5, 5.41) is 2.94. The number of fused-ring (bicyclic) bond motifs is 1. The first-order valence-corrected chi connectivity index (χ1v) is 10.5. The van der Waals surface area contributed by atoms with Gasteiger partial charge in [0, 0.05) is 32.7 Å². The van der Waals surface area contributed by atoms with E-state index in [0.717, 1.165) is 25.0 Å². The highest BCUT2D eigenvalue weighted by molar-refractivity contribution is 5.74. The van der Waals surface area contributed by atoms with Gasteiger partial charge in [0.1, 0.15) is 5.60 Å². The van der Waals surface area contributed by atoms with Gasteiger partial charge < -0.3 is 19.5 Å². The Morgan fingerprint density at radius 3 is 2.68 bits per heavy atom. The fourth-order valence-corrected chi connectivity index (χ4v) is 3.66. The smallest absolute Gasteiger partial charge is 0.407 e. The molecule has 2 N–H and O–H groups in total. The Morgan fingerprint density at radius 2 is 2.03 bits per heavy atom. The molecule has 0 unspecified atom stereocenters. The molecule has 10 nitrogen and oxygen atoms in total. The number of aryl methyl sites for hydroxylation is 1. The minimum atomic E-state index is -0.567. The minimum absolute atomic E-state index is 0.109. The monoisotopic (exact) mass is 432 g/mol. The summed E-state index contributed by atoms with van der Waals surface area (Å²) in [5.74, 6) is 0.606. The molecule has 0 radical (unpaired) electrons. The third kappa shape index (κ3) is 5.18. The molecule has 2 aromatic heterocycles. The average molecular weight is 433 g/mol. The molecule has 1 aliphatic heterocycles. The van der Waals surface area contributed by atoms with Crippen molar-refractivity contribution >= 4 is 23.2 Å².